The minimum atomic E-state index is -0.652. The number of hydrogen-bond donors (Lipinski definition) is 3. The maximum atomic E-state index is 12.4. The van der Waals surface area contributed by atoms with E-state index in [-0.39, 0.29) is 29.9 Å². The Bertz CT molecular complexity index is 990. The summed E-state index contributed by atoms with van der Waals surface area (Å²) in [5.74, 6) is -0.256. The molecule has 1 aromatic heterocycles. The molecule has 1 heterocycles. The highest BCUT2D eigenvalue weighted by Crippen LogP contribution is 2.34. The van der Waals surface area contributed by atoms with Crippen molar-refractivity contribution in [2.24, 2.45) is 11.8 Å². The molecule has 6 heteroatoms. The number of nitrogens with zero attached hydrogens (tertiary/aromatic N) is 1. The normalized spacial score (nSPS) is 21.1. The molecule has 1 aliphatic rings. The third kappa shape index (κ3) is 8.55. The summed E-state index contributed by atoms with van der Waals surface area (Å²) >= 11 is 0. The van der Waals surface area contributed by atoms with Gasteiger partial charge in [-0.3, -0.25) is 14.6 Å². The Balaban J connectivity index is 1.34. The van der Waals surface area contributed by atoms with Gasteiger partial charge in [-0.1, -0.05) is 69.7 Å². The monoisotopic (exact) mass is 480 g/mol. The predicted molar refractivity (Wildman–Crippen MR) is 140 cm³/mol. The number of hydrogen-bond acceptors (Lipinski definition) is 5. The van der Waals surface area contributed by atoms with Gasteiger partial charge in [-0.25, -0.2) is 0 Å². The minimum Gasteiger partial charge on any atom is -0.392 e. The summed E-state index contributed by atoms with van der Waals surface area (Å²) in [7, 11) is 0. The molecule has 0 bridgehead atoms. The maximum absolute atomic E-state index is 12.4. The van der Waals surface area contributed by atoms with Crippen LogP contribution in [0.25, 0.3) is 10.9 Å². The van der Waals surface area contributed by atoms with Crippen LogP contribution in [0.2, 0.25) is 0 Å². The van der Waals surface area contributed by atoms with Gasteiger partial charge in [0.2, 0.25) is 5.91 Å². The molecule has 35 heavy (non-hydrogen) atoms. The number of ketones is 1. The summed E-state index contributed by atoms with van der Waals surface area (Å²) in [6, 6.07) is 9.61. The first-order chi connectivity index (χ1) is 17.0. The molecule has 4 atom stereocenters. The van der Waals surface area contributed by atoms with E-state index in [1.807, 2.05) is 36.4 Å². The summed E-state index contributed by atoms with van der Waals surface area (Å²) in [5.41, 5.74) is 1.62. The summed E-state index contributed by atoms with van der Waals surface area (Å²) < 4.78 is 0. The van der Waals surface area contributed by atoms with E-state index in [4.69, 9.17) is 0 Å². The molecule has 0 unspecified atom stereocenters. The van der Waals surface area contributed by atoms with Crippen molar-refractivity contribution in [2.75, 3.05) is 5.32 Å². The Morgan fingerprint density at radius 2 is 2.00 bits per heavy atom. The molecule has 3 N–H and O–H groups in total. The van der Waals surface area contributed by atoms with Crippen molar-refractivity contribution in [1.82, 2.24) is 4.98 Å². The Morgan fingerprint density at radius 1 is 1.17 bits per heavy atom. The van der Waals surface area contributed by atoms with Crippen molar-refractivity contribution in [3.8, 4) is 0 Å². The largest absolute Gasteiger partial charge is 0.392 e. The topological polar surface area (TPSA) is 99.5 Å². The number of carbonyl (C=O) groups excluding carboxylic acids is 2. The van der Waals surface area contributed by atoms with Gasteiger partial charge in [-0.15, -0.1) is 0 Å². The molecule has 0 aliphatic heterocycles. The van der Waals surface area contributed by atoms with Gasteiger partial charge in [-0.2, -0.15) is 0 Å². The van der Waals surface area contributed by atoms with Crippen LogP contribution in [-0.4, -0.2) is 39.1 Å². The Hall–Kier alpha value is -2.57. The Morgan fingerprint density at radius 3 is 2.83 bits per heavy atom. The second-order valence-electron chi connectivity index (χ2n) is 9.78. The van der Waals surface area contributed by atoms with Gasteiger partial charge < -0.3 is 15.5 Å². The fourth-order valence-electron chi connectivity index (χ4n) is 4.92. The second-order valence-corrected chi connectivity index (χ2v) is 9.78. The third-order valence-electron chi connectivity index (χ3n) is 6.95. The molecule has 1 fully saturated rings. The van der Waals surface area contributed by atoms with Crippen molar-refractivity contribution in [2.45, 2.75) is 89.8 Å². The number of pyridine rings is 1. The lowest BCUT2D eigenvalue weighted by molar-refractivity contribution is -0.121. The van der Waals surface area contributed by atoms with E-state index >= 15 is 0 Å². The molecule has 3 rings (SSSR count). The van der Waals surface area contributed by atoms with E-state index in [1.165, 1.54) is 0 Å². The van der Waals surface area contributed by atoms with Crippen LogP contribution in [0.5, 0.6) is 0 Å². The zero-order valence-corrected chi connectivity index (χ0v) is 20.9. The summed E-state index contributed by atoms with van der Waals surface area (Å²) in [6.07, 6.45) is 13.1. The quantitative estimate of drug-likeness (QED) is 0.242. The van der Waals surface area contributed by atoms with Crippen molar-refractivity contribution in [3.63, 3.8) is 0 Å². The fraction of sp³-hybridized carbons (Fsp3) is 0.552. The van der Waals surface area contributed by atoms with E-state index in [0.29, 0.717) is 6.42 Å². The number of aliphatic hydroxyl groups excluding tert-OH is 2. The lowest BCUT2D eigenvalue weighted by atomic mass is 9.88. The summed E-state index contributed by atoms with van der Waals surface area (Å²) in [4.78, 5) is 29.0. The van der Waals surface area contributed by atoms with E-state index in [0.717, 1.165) is 74.4 Å². The average molecular weight is 481 g/mol. The van der Waals surface area contributed by atoms with Crippen LogP contribution in [0.4, 0.5) is 5.69 Å². The van der Waals surface area contributed by atoms with Gasteiger partial charge in [0.05, 0.1) is 17.7 Å². The smallest absolute Gasteiger partial charge is 0.224 e. The van der Waals surface area contributed by atoms with Crippen molar-refractivity contribution in [3.05, 3.63) is 48.7 Å². The number of carbonyl (C=O) groups is 2. The van der Waals surface area contributed by atoms with Crippen LogP contribution in [0.15, 0.2) is 48.7 Å². The Kier molecular flexibility index (Phi) is 10.9. The highest BCUT2D eigenvalue weighted by atomic mass is 16.3. The number of Topliss-reactive ketones (excluding diaryl/α,β-unsaturated/α-hetero) is 1. The van der Waals surface area contributed by atoms with E-state index in [9.17, 15) is 19.8 Å². The molecule has 0 spiro atoms. The standard InChI is InChI=1S/C29H40N2O4/c1-2-3-6-11-23(32)16-17-25-24(27(33)20-28(25)34)12-7-4-5-8-13-29(35)31-22-15-14-21-10-9-18-30-26(21)19-22/h9-10,14-19,23-25,28,32,34H,2-8,11-13,20H2,1H3,(H,31,35)/b17-16+/t23-,24+,25+,28+/m0/s1. The van der Waals surface area contributed by atoms with Crippen molar-refractivity contribution in [1.29, 1.82) is 0 Å². The van der Waals surface area contributed by atoms with E-state index in [2.05, 4.69) is 17.2 Å². The zero-order chi connectivity index (χ0) is 25.0. The number of amides is 1. The number of aromatic nitrogens is 1. The van der Waals surface area contributed by atoms with Gasteiger partial charge in [0.25, 0.3) is 0 Å². The highest BCUT2D eigenvalue weighted by molar-refractivity contribution is 5.93. The first kappa shape index (κ1) is 27.0. The average Bonchev–Trinajstić information content (AvgIpc) is 3.11. The number of fused-ring (bicyclic) bond motifs is 1. The molecule has 0 radical (unpaired) electrons. The molecular weight excluding hydrogens is 440 g/mol. The summed E-state index contributed by atoms with van der Waals surface area (Å²) in [5, 5.41) is 24.5. The molecule has 6 nitrogen and oxygen atoms in total. The minimum absolute atomic E-state index is 0.00271. The third-order valence-corrected chi connectivity index (χ3v) is 6.95. The number of unbranched alkanes of at least 4 members (excludes halogenated alkanes) is 5. The molecule has 1 saturated carbocycles. The van der Waals surface area contributed by atoms with Crippen LogP contribution in [-0.2, 0) is 9.59 Å². The van der Waals surface area contributed by atoms with Crippen LogP contribution in [0.3, 0.4) is 0 Å². The number of nitrogens with one attached hydrogen (secondary N) is 1. The molecule has 1 aromatic carbocycles. The molecule has 190 valence electrons. The molecule has 1 amide bonds. The van der Waals surface area contributed by atoms with Crippen molar-refractivity contribution < 1.29 is 19.8 Å². The van der Waals surface area contributed by atoms with Crippen LogP contribution < -0.4 is 5.32 Å². The van der Waals surface area contributed by atoms with Gasteiger partial charge in [0, 0.05) is 41.9 Å². The number of anilines is 1. The lowest BCUT2D eigenvalue weighted by Gasteiger charge is -2.18. The van der Waals surface area contributed by atoms with Gasteiger partial charge >= 0.3 is 0 Å². The second kappa shape index (κ2) is 14.1. The molecule has 2 aromatic rings. The zero-order valence-electron chi connectivity index (χ0n) is 20.9. The van der Waals surface area contributed by atoms with E-state index in [1.54, 1.807) is 12.3 Å². The first-order valence-corrected chi connectivity index (χ1v) is 13.2. The fourth-order valence-corrected chi connectivity index (χ4v) is 4.92. The number of aliphatic hydroxyl groups is 2. The maximum Gasteiger partial charge on any atom is 0.224 e. The number of benzene rings is 1. The molecule has 1 aliphatic carbocycles. The highest BCUT2D eigenvalue weighted by Gasteiger charge is 2.39. The number of rotatable bonds is 14. The van der Waals surface area contributed by atoms with Crippen LogP contribution in [0, 0.1) is 11.8 Å². The molecule has 0 saturated heterocycles. The van der Waals surface area contributed by atoms with Gasteiger partial charge in [0.15, 0.2) is 0 Å². The van der Waals surface area contributed by atoms with Gasteiger partial charge in [-0.05, 0) is 37.5 Å². The van der Waals surface area contributed by atoms with Gasteiger partial charge in [0.1, 0.15) is 5.78 Å². The Labute approximate surface area is 208 Å². The van der Waals surface area contributed by atoms with Crippen molar-refractivity contribution >= 4 is 28.3 Å². The van der Waals surface area contributed by atoms with E-state index < -0.39 is 12.2 Å². The SMILES string of the molecule is CCCCC[C@H](O)/C=C/[C@H]1[C@H](O)CC(=O)[C@@H]1CCCCCCC(=O)Nc1ccc2cccnc2c1. The summed E-state index contributed by atoms with van der Waals surface area (Å²) in [6.45, 7) is 2.13. The predicted octanol–water partition coefficient (Wildman–Crippen LogP) is 5.58. The van der Waals surface area contributed by atoms with Crippen LogP contribution in [0.1, 0.15) is 77.6 Å². The molecular formula is C29H40N2O4. The van der Waals surface area contributed by atoms with Crippen LogP contribution >= 0.6 is 0 Å². The lowest BCUT2D eigenvalue weighted by Crippen LogP contribution is -2.19. The first-order valence-electron chi connectivity index (χ1n) is 13.2.